The van der Waals surface area contributed by atoms with Gasteiger partial charge in [0.1, 0.15) is 5.72 Å². The summed E-state index contributed by atoms with van der Waals surface area (Å²) in [5.41, 5.74) is 0.104. The highest BCUT2D eigenvalue weighted by Gasteiger charge is 2.41. The third-order valence-electron chi connectivity index (χ3n) is 3.26. The van der Waals surface area contributed by atoms with Crippen LogP contribution in [0.3, 0.4) is 0 Å². The summed E-state index contributed by atoms with van der Waals surface area (Å²) in [5.74, 6) is 0. The summed E-state index contributed by atoms with van der Waals surface area (Å²) in [4.78, 5) is 4.75. The van der Waals surface area contributed by atoms with Crippen LogP contribution in [-0.2, 0) is 4.74 Å². The minimum atomic E-state index is 0.104. The monoisotopic (exact) mass is 170 g/mol. The van der Waals surface area contributed by atoms with Crippen LogP contribution in [0.1, 0.15) is 12.8 Å². The normalized spacial score (nSPS) is 31.5. The minimum absolute atomic E-state index is 0.104. The van der Waals surface area contributed by atoms with Crippen LogP contribution < -0.4 is 0 Å². The van der Waals surface area contributed by atoms with E-state index in [0.717, 1.165) is 13.2 Å². The molecule has 3 heteroatoms. The summed E-state index contributed by atoms with van der Waals surface area (Å²) in [6.07, 6.45) is 2.33. The van der Waals surface area contributed by atoms with E-state index in [0.29, 0.717) is 0 Å². The third-order valence-corrected chi connectivity index (χ3v) is 3.26. The molecule has 0 unspecified atom stereocenters. The fourth-order valence-electron chi connectivity index (χ4n) is 2.18. The van der Waals surface area contributed by atoms with Crippen molar-refractivity contribution in [2.45, 2.75) is 18.6 Å². The van der Waals surface area contributed by atoms with Gasteiger partial charge in [-0.15, -0.1) is 0 Å². The van der Waals surface area contributed by atoms with Gasteiger partial charge in [-0.1, -0.05) is 0 Å². The van der Waals surface area contributed by atoms with Crippen molar-refractivity contribution in [1.82, 2.24) is 9.80 Å². The van der Waals surface area contributed by atoms with Gasteiger partial charge in [0.25, 0.3) is 0 Å². The zero-order valence-corrected chi connectivity index (χ0v) is 8.05. The Morgan fingerprint density at radius 3 is 2.25 bits per heavy atom. The minimum Gasteiger partial charge on any atom is -0.359 e. The van der Waals surface area contributed by atoms with Gasteiger partial charge in [0.05, 0.1) is 6.61 Å². The molecule has 2 aliphatic heterocycles. The Morgan fingerprint density at radius 1 is 1.08 bits per heavy atom. The zero-order chi connectivity index (χ0) is 8.60. The molecule has 12 heavy (non-hydrogen) atoms. The predicted molar refractivity (Wildman–Crippen MR) is 48.0 cm³/mol. The van der Waals surface area contributed by atoms with Gasteiger partial charge in [0, 0.05) is 32.5 Å². The van der Waals surface area contributed by atoms with E-state index in [1.54, 1.807) is 0 Å². The van der Waals surface area contributed by atoms with Gasteiger partial charge in [-0.25, -0.2) is 0 Å². The van der Waals surface area contributed by atoms with Crippen molar-refractivity contribution in [3.05, 3.63) is 0 Å². The fourth-order valence-corrected chi connectivity index (χ4v) is 2.18. The molecule has 0 aromatic carbocycles. The molecule has 0 radical (unpaired) electrons. The molecule has 1 spiro atoms. The first kappa shape index (κ1) is 8.48. The van der Waals surface area contributed by atoms with Crippen LogP contribution in [0.15, 0.2) is 0 Å². The first-order chi connectivity index (χ1) is 5.73. The summed E-state index contributed by atoms with van der Waals surface area (Å²) in [6.45, 7) is 4.36. The Kier molecular flexibility index (Phi) is 2.10. The number of piperidine rings is 1. The Labute approximate surface area is 74.3 Å². The average Bonchev–Trinajstić information content (AvgIpc) is 2.41. The van der Waals surface area contributed by atoms with Crippen molar-refractivity contribution in [3.8, 4) is 0 Å². The molecule has 3 nitrogen and oxygen atoms in total. The van der Waals surface area contributed by atoms with Gasteiger partial charge in [0.2, 0.25) is 0 Å². The molecular formula is C9H18N2O. The Balaban J connectivity index is 2.02. The Morgan fingerprint density at radius 2 is 1.75 bits per heavy atom. The van der Waals surface area contributed by atoms with Crippen LogP contribution in [0, 0.1) is 0 Å². The van der Waals surface area contributed by atoms with Crippen molar-refractivity contribution in [3.63, 3.8) is 0 Å². The molecule has 0 atom stereocenters. The summed E-state index contributed by atoms with van der Waals surface area (Å²) in [6, 6.07) is 0. The fraction of sp³-hybridized carbons (Fsp3) is 1.00. The average molecular weight is 170 g/mol. The molecule has 0 aliphatic carbocycles. The Hall–Kier alpha value is -0.120. The molecule has 2 saturated heterocycles. The van der Waals surface area contributed by atoms with Gasteiger partial charge in [0.15, 0.2) is 0 Å². The maximum Gasteiger partial charge on any atom is 0.124 e. The number of hydrogen-bond donors (Lipinski definition) is 0. The second-order valence-electron chi connectivity index (χ2n) is 4.02. The number of hydrogen-bond acceptors (Lipinski definition) is 3. The molecule has 0 saturated carbocycles. The van der Waals surface area contributed by atoms with Crippen molar-refractivity contribution >= 4 is 0 Å². The van der Waals surface area contributed by atoms with Gasteiger partial charge in [-0.2, -0.15) is 0 Å². The SMILES string of the molecule is CN1CCC2(CC1)OCCN2C. The second-order valence-corrected chi connectivity index (χ2v) is 4.02. The quantitative estimate of drug-likeness (QED) is 0.522. The van der Waals surface area contributed by atoms with E-state index in [9.17, 15) is 0 Å². The van der Waals surface area contributed by atoms with E-state index < -0.39 is 0 Å². The summed E-state index contributed by atoms with van der Waals surface area (Å²) in [5, 5.41) is 0. The number of likely N-dealkylation sites (tertiary alicyclic amines) is 1. The lowest BCUT2D eigenvalue weighted by molar-refractivity contribution is -0.108. The van der Waals surface area contributed by atoms with E-state index in [2.05, 4.69) is 23.9 Å². The smallest absolute Gasteiger partial charge is 0.124 e. The van der Waals surface area contributed by atoms with Gasteiger partial charge in [-0.3, -0.25) is 4.90 Å². The van der Waals surface area contributed by atoms with Crippen LogP contribution in [0.5, 0.6) is 0 Å². The molecule has 0 aromatic rings. The largest absolute Gasteiger partial charge is 0.359 e. The van der Waals surface area contributed by atoms with E-state index >= 15 is 0 Å². The summed E-state index contributed by atoms with van der Waals surface area (Å²) in [7, 11) is 4.36. The molecular weight excluding hydrogens is 152 g/mol. The second kappa shape index (κ2) is 2.98. The van der Waals surface area contributed by atoms with Crippen LogP contribution in [0.25, 0.3) is 0 Å². The standard InChI is InChI=1S/C9H18N2O/c1-10-5-3-9(4-6-10)11(2)7-8-12-9/h3-8H2,1-2H3. The molecule has 2 heterocycles. The molecule has 0 N–H and O–H groups in total. The summed E-state index contributed by atoms with van der Waals surface area (Å²) >= 11 is 0. The molecule has 2 aliphatic rings. The first-order valence-corrected chi connectivity index (χ1v) is 4.77. The number of likely N-dealkylation sites (N-methyl/N-ethyl adjacent to an activating group) is 1. The van der Waals surface area contributed by atoms with E-state index in [-0.39, 0.29) is 5.72 Å². The predicted octanol–water partition coefficient (Wildman–Crippen LogP) is 0.370. The van der Waals surface area contributed by atoms with Crippen LogP contribution >= 0.6 is 0 Å². The van der Waals surface area contributed by atoms with Gasteiger partial charge in [-0.05, 0) is 14.1 Å². The molecule has 0 amide bonds. The topological polar surface area (TPSA) is 15.7 Å². The van der Waals surface area contributed by atoms with Gasteiger partial charge < -0.3 is 9.64 Å². The highest BCUT2D eigenvalue weighted by atomic mass is 16.5. The van der Waals surface area contributed by atoms with Crippen molar-refractivity contribution in [2.75, 3.05) is 40.3 Å². The molecule has 2 fully saturated rings. The van der Waals surface area contributed by atoms with Crippen molar-refractivity contribution < 1.29 is 4.74 Å². The molecule has 0 bridgehead atoms. The van der Waals surface area contributed by atoms with E-state index in [4.69, 9.17) is 4.74 Å². The molecule has 2 rings (SSSR count). The van der Waals surface area contributed by atoms with E-state index in [1.807, 2.05) is 0 Å². The van der Waals surface area contributed by atoms with Crippen molar-refractivity contribution in [2.24, 2.45) is 0 Å². The zero-order valence-electron chi connectivity index (χ0n) is 8.05. The number of ether oxygens (including phenoxy) is 1. The highest BCUT2D eigenvalue weighted by Crippen LogP contribution is 2.32. The molecule has 0 aromatic heterocycles. The number of nitrogens with zero attached hydrogens (tertiary/aromatic N) is 2. The van der Waals surface area contributed by atoms with Crippen LogP contribution in [0.2, 0.25) is 0 Å². The molecule has 70 valence electrons. The first-order valence-electron chi connectivity index (χ1n) is 4.77. The van der Waals surface area contributed by atoms with Crippen LogP contribution in [0.4, 0.5) is 0 Å². The van der Waals surface area contributed by atoms with Crippen molar-refractivity contribution in [1.29, 1.82) is 0 Å². The third kappa shape index (κ3) is 1.26. The number of rotatable bonds is 0. The van der Waals surface area contributed by atoms with Crippen LogP contribution in [-0.4, -0.2) is 55.9 Å². The van der Waals surface area contributed by atoms with Gasteiger partial charge >= 0.3 is 0 Å². The lowest BCUT2D eigenvalue weighted by atomic mass is 10.00. The lowest BCUT2D eigenvalue weighted by Crippen LogP contribution is -2.50. The lowest BCUT2D eigenvalue weighted by Gasteiger charge is -2.41. The van der Waals surface area contributed by atoms with E-state index in [1.165, 1.54) is 25.9 Å². The maximum absolute atomic E-state index is 5.84. The summed E-state index contributed by atoms with van der Waals surface area (Å²) < 4.78 is 5.84. The highest BCUT2D eigenvalue weighted by molar-refractivity contribution is 4.89. The maximum atomic E-state index is 5.84. The Bertz CT molecular complexity index is 164.